The number of rotatable bonds is 8. The fraction of sp³-hybridized carbons (Fsp3) is 0.316. The Bertz CT molecular complexity index is 685. The highest BCUT2D eigenvalue weighted by Crippen LogP contribution is 2.32. The van der Waals surface area contributed by atoms with Crippen molar-refractivity contribution in [2.24, 2.45) is 5.16 Å². The van der Waals surface area contributed by atoms with Crippen LogP contribution in [0.2, 0.25) is 0 Å². The minimum absolute atomic E-state index is 0.667. The maximum atomic E-state index is 5.46. The summed E-state index contributed by atoms with van der Waals surface area (Å²) >= 11 is 0. The summed E-state index contributed by atoms with van der Waals surface area (Å²) in [7, 11) is 6.75. The lowest BCUT2D eigenvalue weighted by atomic mass is 9.95. The molecule has 0 unspecified atom stereocenters. The molecule has 0 spiro atoms. The molecule has 0 saturated heterocycles. The molecule has 128 valence electrons. The van der Waals surface area contributed by atoms with Crippen molar-refractivity contribution in [2.75, 3.05) is 34.9 Å². The van der Waals surface area contributed by atoms with Crippen LogP contribution in [0.25, 0.3) is 0 Å². The second-order valence-corrected chi connectivity index (χ2v) is 5.21. The van der Waals surface area contributed by atoms with Crippen molar-refractivity contribution in [3.63, 3.8) is 0 Å². The van der Waals surface area contributed by atoms with E-state index in [1.807, 2.05) is 49.5 Å². The quantitative estimate of drug-likeness (QED) is 0.598. The van der Waals surface area contributed by atoms with Crippen LogP contribution in [0.1, 0.15) is 16.7 Å². The average molecular weight is 328 g/mol. The molecule has 5 nitrogen and oxygen atoms in total. The normalized spacial score (nSPS) is 11.2. The summed E-state index contributed by atoms with van der Waals surface area (Å²) in [6.07, 6.45) is 0.835. The van der Waals surface area contributed by atoms with Gasteiger partial charge in [-0.15, -0.1) is 0 Å². The van der Waals surface area contributed by atoms with E-state index >= 15 is 0 Å². The first kappa shape index (κ1) is 17.8. The third kappa shape index (κ3) is 4.06. The van der Waals surface area contributed by atoms with Crippen molar-refractivity contribution in [1.82, 2.24) is 5.32 Å². The van der Waals surface area contributed by atoms with Crippen molar-refractivity contribution >= 4 is 5.71 Å². The predicted octanol–water partition coefficient (Wildman–Crippen LogP) is 2.86. The lowest BCUT2D eigenvalue weighted by Crippen LogP contribution is -2.15. The van der Waals surface area contributed by atoms with Gasteiger partial charge < -0.3 is 19.6 Å². The van der Waals surface area contributed by atoms with Crippen LogP contribution in [0.3, 0.4) is 0 Å². The highest BCUT2D eigenvalue weighted by atomic mass is 16.6. The Hall–Kier alpha value is -2.53. The third-order valence-corrected chi connectivity index (χ3v) is 3.74. The SMILES string of the molecule is CNCCc1cc(OC)c(OC)cc1/C(=N\OC)c1ccccc1. The van der Waals surface area contributed by atoms with E-state index in [1.165, 1.54) is 0 Å². The molecule has 0 aromatic heterocycles. The van der Waals surface area contributed by atoms with Crippen LogP contribution in [-0.2, 0) is 11.3 Å². The molecule has 0 atom stereocenters. The van der Waals surface area contributed by atoms with Gasteiger partial charge in [0.1, 0.15) is 12.8 Å². The van der Waals surface area contributed by atoms with Crippen molar-refractivity contribution < 1.29 is 14.3 Å². The summed E-state index contributed by atoms with van der Waals surface area (Å²) in [5.74, 6) is 1.37. The van der Waals surface area contributed by atoms with Crippen molar-refractivity contribution in [1.29, 1.82) is 0 Å². The molecule has 1 N–H and O–H groups in total. The number of nitrogens with one attached hydrogen (secondary N) is 1. The molecule has 5 heteroatoms. The van der Waals surface area contributed by atoms with E-state index in [0.29, 0.717) is 11.5 Å². The van der Waals surface area contributed by atoms with Crippen LogP contribution in [0.5, 0.6) is 11.5 Å². The zero-order valence-corrected chi connectivity index (χ0v) is 14.6. The Morgan fingerprint density at radius 3 is 2.25 bits per heavy atom. The number of methoxy groups -OCH3 is 2. The number of hydrogen-bond donors (Lipinski definition) is 1. The molecule has 2 aromatic carbocycles. The van der Waals surface area contributed by atoms with Gasteiger partial charge >= 0.3 is 0 Å². The summed E-state index contributed by atoms with van der Waals surface area (Å²) < 4.78 is 10.9. The second-order valence-electron chi connectivity index (χ2n) is 5.21. The van der Waals surface area contributed by atoms with Gasteiger partial charge in [-0.3, -0.25) is 0 Å². The fourth-order valence-electron chi connectivity index (χ4n) is 2.55. The second kappa shape index (κ2) is 8.93. The zero-order valence-electron chi connectivity index (χ0n) is 14.6. The molecular weight excluding hydrogens is 304 g/mol. The van der Waals surface area contributed by atoms with Crippen LogP contribution in [0, 0.1) is 0 Å². The van der Waals surface area contributed by atoms with Crippen molar-refractivity contribution in [3.05, 3.63) is 59.2 Å². The maximum Gasteiger partial charge on any atom is 0.161 e. The van der Waals surface area contributed by atoms with Crippen LogP contribution in [0.4, 0.5) is 0 Å². The maximum absolute atomic E-state index is 5.46. The molecule has 0 aliphatic carbocycles. The number of oxime groups is 1. The van der Waals surface area contributed by atoms with Gasteiger partial charge in [0.2, 0.25) is 0 Å². The molecule has 0 aliphatic rings. The number of hydrogen-bond acceptors (Lipinski definition) is 5. The summed E-state index contributed by atoms with van der Waals surface area (Å²) in [5.41, 5.74) is 3.83. The van der Waals surface area contributed by atoms with E-state index in [4.69, 9.17) is 14.3 Å². The topological polar surface area (TPSA) is 52.1 Å². The van der Waals surface area contributed by atoms with Gasteiger partial charge in [-0.1, -0.05) is 35.5 Å². The summed E-state index contributed by atoms with van der Waals surface area (Å²) in [4.78, 5) is 5.10. The van der Waals surface area contributed by atoms with Gasteiger partial charge in [0.15, 0.2) is 11.5 Å². The smallest absolute Gasteiger partial charge is 0.161 e. The van der Waals surface area contributed by atoms with Gasteiger partial charge in [0, 0.05) is 11.1 Å². The van der Waals surface area contributed by atoms with Crippen LogP contribution >= 0.6 is 0 Å². The van der Waals surface area contributed by atoms with Crippen molar-refractivity contribution in [3.8, 4) is 11.5 Å². The van der Waals surface area contributed by atoms with E-state index in [0.717, 1.165) is 35.4 Å². The number of likely N-dealkylation sites (N-methyl/N-ethyl adjacent to an activating group) is 1. The molecule has 2 aromatic rings. The minimum Gasteiger partial charge on any atom is -0.493 e. The Kier molecular flexibility index (Phi) is 6.63. The Morgan fingerprint density at radius 1 is 1.00 bits per heavy atom. The molecule has 0 bridgehead atoms. The minimum atomic E-state index is 0.667. The van der Waals surface area contributed by atoms with Crippen LogP contribution in [0.15, 0.2) is 47.6 Å². The standard InChI is InChI=1S/C19H24N2O3/c1-20-11-10-15-12-17(22-2)18(23-3)13-16(15)19(21-24-4)14-8-6-5-7-9-14/h5-9,12-13,20H,10-11H2,1-4H3/b21-19-. The van der Waals surface area contributed by atoms with E-state index in [9.17, 15) is 0 Å². The van der Waals surface area contributed by atoms with Gasteiger partial charge in [-0.2, -0.15) is 0 Å². The Labute approximate surface area is 143 Å². The summed E-state index contributed by atoms with van der Waals surface area (Å²) in [6.45, 7) is 0.845. The third-order valence-electron chi connectivity index (χ3n) is 3.74. The Morgan fingerprint density at radius 2 is 1.67 bits per heavy atom. The zero-order chi connectivity index (χ0) is 17.4. The molecule has 0 saturated carbocycles. The van der Waals surface area contributed by atoms with E-state index < -0.39 is 0 Å². The fourth-order valence-corrected chi connectivity index (χ4v) is 2.55. The van der Waals surface area contributed by atoms with Crippen molar-refractivity contribution in [2.45, 2.75) is 6.42 Å². The van der Waals surface area contributed by atoms with Gasteiger partial charge in [0.25, 0.3) is 0 Å². The van der Waals surface area contributed by atoms with Crippen LogP contribution in [-0.4, -0.2) is 40.6 Å². The monoisotopic (exact) mass is 328 g/mol. The molecule has 0 aliphatic heterocycles. The van der Waals surface area contributed by atoms with E-state index in [1.54, 1.807) is 21.3 Å². The van der Waals surface area contributed by atoms with E-state index in [-0.39, 0.29) is 0 Å². The van der Waals surface area contributed by atoms with Gasteiger partial charge in [0.05, 0.1) is 14.2 Å². The lowest BCUT2D eigenvalue weighted by Gasteiger charge is -2.16. The van der Waals surface area contributed by atoms with Crippen LogP contribution < -0.4 is 14.8 Å². The first-order chi connectivity index (χ1) is 11.7. The van der Waals surface area contributed by atoms with E-state index in [2.05, 4.69) is 10.5 Å². The number of benzene rings is 2. The molecule has 0 fully saturated rings. The molecular formula is C19H24N2O3. The average Bonchev–Trinajstić information content (AvgIpc) is 2.64. The summed E-state index contributed by atoms with van der Waals surface area (Å²) in [5, 5.41) is 7.44. The number of nitrogens with zero attached hydrogens (tertiary/aromatic N) is 1. The van der Waals surface area contributed by atoms with Gasteiger partial charge in [-0.25, -0.2) is 0 Å². The highest BCUT2D eigenvalue weighted by molar-refractivity contribution is 6.13. The molecule has 0 heterocycles. The molecule has 0 amide bonds. The summed E-state index contributed by atoms with van der Waals surface area (Å²) in [6, 6.07) is 13.9. The van der Waals surface area contributed by atoms with Gasteiger partial charge in [-0.05, 0) is 37.7 Å². The number of ether oxygens (including phenoxy) is 2. The molecule has 24 heavy (non-hydrogen) atoms. The highest BCUT2D eigenvalue weighted by Gasteiger charge is 2.17. The lowest BCUT2D eigenvalue weighted by molar-refractivity contribution is 0.214. The molecule has 2 rings (SSSR count). The molecule has 0 radical (unpaired) electrons. The predicted molar refractivity (Wildman–Crippen MR) is 96.3 cm³/mol. The Balaban J connectivity index is 2.61. The first-order valence-electron chi connectivity index (χ1n) is 7.81. The largest absolute Gasteiger partial charge is 0.493 e. The first-order valence-corrected chi connectivity index (χ1v) is 7.81.